The molecule has 0 spiro atoms. The van der Waals surface area contributed by atoms with Crippen LogP contribution < -0.4 is 5.32 Å². The van der Waals surface area contributed by atoms with Crippen molar-refractivity contribution in [3.63, 3.8) is 0 Å². The van der Waals surface area contributed by atoms with Crippen LogP contribution in [-0.2, 0) is 4.74 Å². The zero-order valence-corrected chi connectivity index (χ0v) is 13.6. The van der Waals surface area contributed by atoms with E-state index in [1.54, 1.807) is 36.5 Å². The molecule has 0 saturated carbocycles. The number of hydrogen-bond acceptors (Lipinski definition) is 4. The first-order chi connectivity index (χ1) is 10.6. The molecule has 5 nitrogen and oxygen atoms in total. The molecule has 0 radical (unpaired) electrons. The Labute approximate surface area is 136 Å². The maximum atomic E-state index is 12.1. The lowest BCUT2D eigenvalue weighted by Gasteiger charge is -2.07. The summed E-state index contributed by atoms with van der Waals surface area (Å²) in [6.07, 6.45) is 3.87. The predicted octanol–water partition coefficient (Wildman–Crippen LogP) is 3.66. The van der Waals surface area contributed by atoms with Crippen molar-refractivity contribution in [2.24, 2.45) is 0 Å². The lowest BCUT2D eigenvalue weighted by Crippen LogP contribution is -2.12. The lowest BCUT2D eigenvalue weighted by molar-refractivity contribution is 0.0505. The molecule has 0 bridgehead atoms. The summed E-state index contributed by atoms with van der Waals surface area (Å²) in [6.45, 7) is 2.33. The van der Waals surface area contributed by atoms with Gasteiger partial charge in [-0.05, 0) is 52.7 Å². The Morgan fingerprint density at radius 1 is 1.18 bits per heavy atom. The van der Waals surface area contributed by atoms with Gasteiger partial charge in [-0.25, -0.2) is 4.79 Å². The van der Waals surface area contributed by atoms with Crippen LogP contribution in [-0.4, -0.2) is 23.5 Å². The van der Waals surface area contributed by atoms with Crippen molar-refractivity contribution < 1.29 is 14.3 Å². The molecule has 0 atom stereocenters. The second-order valence-electron chi connectivity index (χ2n) is 4.56. The zero-order chi connectivity index (χ0) is 15.9. The van der Waals surface area contributed by atoms with Crippen LogP contribution in [0.15, 0.2) is 47.2 Å². The Kier molecular flexibility index (Phi) is 5.66. The van der Waals surface area contributed by atoms with Gasteiger partial charge in [-0.2, -0.15) is 0 Å². The Morgan fingerprint density at radius 2 is 1.91 bits per heavy atom. The number of aromatic nitrogens is 1. The molecule has 2 rings (SSSR count). The molecule has 0 aliphatic carbocycles. The molecular formula is C16H15BrN2O3. The van der Waals surface area contributed by atoms with Crippen LogP contribution in [0.4, 0.5) is 5.69 Å². The third kappa shape index (κ3) is 4.39. The fraction of sp³-hybridized carbons (Fsp3) is 0.188. The Morgan fingerprint density at radius 3 is 2.55 bits per heavy atom. The first kappa shape index (κ1) is 16.2. The smallest absolute Gasteiger partial charge is 0.338 e. The maximum Gasteiger partial charge on any atom is 0.338 e. The van der Waals surface area contributed by atoms with Gasteiger partial charge in [0.1, 0.15) is 0 Å². The maximum absolute atomic E-state index is 12.1. The monoisotopic (exact) mass is 362 g/mol. The fourth-order valence-corrected chi connectivity index (χ4v) is 2.07. The minimum Gasteiger partial charge on any atom is -0.462 e. The molecule has 1 aromatic carbocycles. The molecule has 1 N–H and O–H groups in total. The second kappa shape index (κ2) is 7.70. The summed E-state index contributed by atoms with van der Waals surface area (Å²) >= 11 is 3.27. The van der Waals surface area contributed by atoms with E-state index < -0.39 is 0 Å². The summed E-state index contributed by atoms with van der Waals surface area (Å²) in [5.41, 5.74) is 1.49. The van der Waals surface area contributed by atoms with E-state index in [0.717, 1.165) is 10.9 Å². The minimum absolute atomic E-state index is 0.268. The average Bonchev–Trinajstić information content (AvgIpc) is 2.53. The highest BCUT2D eigenvalue weighted by molar-refractivity contribution is 9.10. The Balaban J connectivity index is 2.02. The molecule has 0 saturated heterocycles. The van der Waals surface area contributed by atoms with Gasteiger partial charge in [0.05, 0.1) is 17.7 Å². The van der Waals surface area contributed by atoms with Gasteiger partial charge in [0.15, 0.2) is 0 Å². The van der Waals surface area contributed by atoms with Crippen LogP contribution in [0.5, 0.6) is 0 Å². The van der Waals surface area contributed by atoms with Crippen LogP contribution in [0.25, 0.3) is 0 Å². The molecule has 0 aliphatic heterocycles. The molecule has 22 heavy (non-hydrogen) atoms. The average molecular weight is 363 g/mol. The van der Waals surface area contributed by atoms with Gasteiger partial charge in [0.2, 0.25) is 0 Å². The van der Waals surface area contributed by atoms with Crippen LogP contribution >= 0.6 is 15.9 Å². The summed E-state index contributed by atoms with van der Waals surface area (Å²) in [6, 6.07) is 8.23. The molecule has 2 aromatic rings. The number of pyridine rings is 1. The van der Waals surface area contributed by atoms with E-state index >= 15 is 0 Å². The third-order valence-corrected chi connectivity index (χ3v) is 3.22. The quantitative estimate of drug-likeness (QED) is 0.824. The SMILES string of the molecule is CCCOC(=O)c1ccc(NC(=O)c2cncc(Br)c2)cc1. The molecular weight excluding hydrogens is 348 g/mol. The molecule has 1 aromatic heterocycles. The van der Waals surface area contributed by atoms with E-state index in [2.05, 4.69) is 26.2 Å². The third-order valence-electron chi connectivity index (χ3n) is 2.78. The number of rotatable bonds is 5. The number of amides is 1. The molecule has 0 aliphatic rings. The highest BCUT2D eigenvalue weighted by atomic mass is 79.9. The molecule has 1 heterocycles. The van der Waals surface area contributed by atoms with Crippen molar-refractivity contribution in [1.82, 2.24) is 4.98 Å². The zero-order valence-electron chi connectivity index (χ0n) is 12.0. The van der Waals surface area contributed by atoms with Gasteiger partial charge in [-0.15, -0.1) is 0 Å². The van der Waals surface area contributed by atoms with Gasteiger partial charge in [-0.1, -0.05) is 6.92 Å². The van der Waals surface area contributed by atoms with Crippen molar-refractivity contribution >= 4 is 33.5 Å². The second-order valence-corrected chi connectivity index (χ2v) is 5.47. The number of nitrogens with zero attached hydrogens (tertiary/aromatic N) is 1. The standard InChI is InChI=1S/C16H15BrN2O3/c1-2-7-22-16(21)11-3-5-14(6-4-11)19-15(20)12-8-13(17)10-18-9-12/h3-6,8-10H,2,7H2,1H3,(H,19,20). The summed E-state index contributed by atoms with van der Waals surface area (Å²) in [5, 5.41) is 2.74. The van der Waals surface area contributed by atoms with E-state index in [-0.39, 0.29) is 11.9 Å². The van der Waals surface area contributed by atoms with Crippen LogP contribution in [0.1, 0.15) is 34.1 Å². The number of benzene rings is 1. The first-order valence-corrected chi connectivity index (χ1v) is 7.58. The molecule has 1 amide bonds. The van der Waals surface area contributed by atoms with E-state index in [4.69, 9.17) is 4.74 Å². The number of carbonyl (C=O) groups excluding carboxylic acids is 2. The largest absolute Gasteiger partial charge is 0.462 e. The number of anilines is 1. The summed E-state index contributed by atoms with van der Waals surface area (Å²) in [7, 11) is 0. The predicted molar refractivity (Wildman–Crippen MR) is 86.9 cm³/mol. The van der Waals surface area contributed by atoms with Gasteiger partial charge in [-0.3, -0.25) is 9.78 Å². The Bertz CT molecular complexity index is 671. The fourth-order valence-electron chi connectivity index (χ4n) is 1.71. The van der Waals surface area contributed by atoms with E-state index in [1.165, 1.54) is 6.20 Å². The summed E-state index contributed by atoms with van der Waals surface area (Å²) in [5.74, 6) is -0.633. The molecule has 0 unspecified atom stereocenters. The number of halogens is 1. The van der Waals surface area contributed by atoms with Gasteiger partial charge >= 0.3 is 5.97 Å². The number of ether oxygens (including phenoxy) is 1. The lowest BCUT2D eigenvalue weighted by atomic mass is 10.2. The molecule has 114 valence electrons. The highest BCUT2D eigenvalue weighted by Gasteiger charge is 2.09. The number of hydrogen-bond donors (Lipinski definition) is 1. The molecule has 0 fully saturated rings. The molecule has 6 heteroatoms. The van der Waals surface area contributed by atoms with E-state index in [0.29, 0.717) is 23.4 Å². The van der Waals surface area contributed by atoms with Crippen molar-refractivity contribution in [2.75, 3.05) is 11.9 Å². The number of nitrogens with one attached hydrogen (secondary N) is 1. The van der Waals surface area contributed by atoms with Gasteiger partial charge in [0, 0.05) is 22.6 Å². The topological polar surface area (TPSA) is 68.3 Å². The summed E-state index contributed by atoms with van der Waals surface area (Å²) in [4.78, 5) is 27.7. The van der Waals surface area contributed by atoms with Crippen LogP contribution in [0, 0.1) is 0 Å². The summed E-state index contributed by atoms with van der Waals surface area (Å²) < 4.78 is 5.77. The van der Waals surface area contributed by atoms with Gasteiger partial charge < -0.3 is 10.1 Å². The van der Waals surface area contributed by atoms with E-state index in [1.807, 2.05) is 6.92 Å². The Hall–Kier alpha value is -2.21. The first-order valence-electron chi connectivity index (χ1n) is 6.79. The van der Waals surface area contributed by atoms with Crippen molar-refractivity contribution in [3.8, 4) is 0 Å². The van der Waals surface area contributed by atoms with Crippen molar-refractivity contribution in [1.29, 1.82) is 0 Å². The van der Waals surface area contributed by atoms with Crippen LogP contribution in [0.2, 0.25) is 0 Å². The number of esters is 1. The van der Waals surface area contributed by atoms with E-state index in [9.17, 15) is 9.59 Å². The van der Waals surface area contributed by atoms with Gasteiger partial charge in [0.25, 0.3) is 5.91 Å². The normalized spacial score (nSPS) is 10.1. The highest BCUT2D eigenvalue weighted by Crippen LogP contribution is 2.14. The number of carbonyl (C=O) groups is 2. The minimum atomic E-state index is -0.365. The van der Waals surface area contributed by atoms with Crippen molar-refractivity contribution in [2.45, 2.75) is 13.3 Å². The van der Waals surface area contributed by atoms with Crippen molar-refractivity contribution in [3.05, 3.63) is 58.3 Å². The van der Waals surface area contributed by atoms with Crippen LogP contribution in [0.3, 0.4) is 0 Å².